The smallest absolute Gasteiger partial charge is 0.187 e. The number of rotatable bonds is 16. The third kappa shape index (κ3) is 8.40. The summed E-state index contributed by atoms with van der Waals surface area (Å²) in [7, 11) is 0. The highest BCUT2D eigenvalue weighted by atomic mass is 16.7. The van der Waals surface area contributed by atoms with Crippen LogP contribution in [0.25, 0.3) is 11.3 Å². The van der Waals surface area contributed by atoms with E-state index in [1.165, 1.54) is 25.7 Å². The molecule has 1 aromatic heterocycles. The Morgan fingerprint density at radius 3 is 2.02 bits per heavy atom. The third-order valence-corrected chi connectivity index (χ3v) is 7.43. The molecule has 0 unspecified atom stereocenters. The lowest BCUT2D eigenvalue weighted by molar-refractivity contribution is -0.235. The lowest BCUT2D eigenvalue weighted by Gasteiger charge is -2.35. The number of hydrogen-bond donors (Lipinski definition) is 0. The van der Waals surface area contributed by atoms with Crippen molar-refractivity contribution >= 4 is 0 Å². The Bertz CT molecular complexity index is 1270. The van der Waals surface area contributed by atoms with Crippen molar-refractivity contribution in [1.82, 2.24) is 0 Å². The molecule has 0 N–H and O–H groups in total. The van der Waals surface area contributed by atoms with Crippen LogP contribution in [-0.2, 0) is 32.2 Å². The van der Waals surface area contributed by atoms with Crippen LogP contribution in [-0.4, -0.2) is 19.3 Å². The van der Waals surface area contributed by atoms with E-state index in [1.807, 2.05) is 54.6 Å². The molecule has 0 amide bonds. The van der Waals surface area contributed by atoms with Crippen molar-refractivity contribution in [2.24, 2.45) is 0 Å². The molecule has 0 saturated heterocycles. The summed E-state index contributed by atoms with van der Waals surface area (Å²) >= 11 is 0. The Morgan fingerprint density at radius 1 is 0.683 bits per heavy atom. The standard InChI is InChI=1S/C36H42O5/c1-2-3-4-5-6-16-23-38-36-31-24-32(30-21-14-9-15-22-30)40-34(31)35(39-26-29-19-12-8-13-20-29)33(41-36)27-37-25-28-17-10-7-11-18-28/h7-15,17-22,24,33,35-36H,2-6,16,23,25-27H2,1H3/t33-,35+,36+/m1/s1. The molecular formula is C36H42O5. The number of furan rings is 1. The average molecular weight is 555 g/mol. The normalized spacial score (nSPS) is 18.3. The maximum absolute atomic E-state index is 6.61. The Labute approximate surface area is 244 Å². The number of ether oxygens (including phenoxy) is 4. The second-order valence-electron chi connectivity index (χ2n) is 10.7. The molecule has 0 spiro atoms. The highest BCUT2D eigenvalue weighted by Gasteiger charge is 2.41. The Kier molecular flexibility index (Phi) is 11.2. The molecule has 0 fully saturated rings. The minimum absolute atomic E-state index is 0.353. The van der Waals surface area contributed by atoms with E-state index in [9.17, 15) is 0 Å². The molecule has 4 aromatic rings. The molecular weight excluding hydrogens is 512 g/mol. The van der Waals surface area contributed by atoms with Crippen molar-refractivity contribution in [3.63, 3.8) is 0 Å². The van der Waals surface area contributed by atoms with Crippen molar-refractivity contribution in [3.05, 3.63) is 120 Å². The van der Waals surface area contributed by atoms with Gasteiger partial charge in [-0.2, -0.15) is 0 Å². The summed E-state index contributed by atoms with van der Waals surface area (Å²) < 4.78 is 32.3. The first-order valence-electron chi connectivity index (χ1n) is 15.0. The van der Waals surface area contributed by atoms with Crippen molar-refractivity contribution < 1.29 is 23.4 Å². The summed E-state index contributed by atoms with van der Waals surface area (Å²) in [5.74, 6) is 1.54. The fourth-order valence-corrected chi connectivity index (χ4v) is 5.18. The van der Waals surface area contributed by atoms with Gasteiger partial charge in [-0.05, 0) is 23.6 Å². The zero-order valence-electron chi connectivity index (χ0n) is 24.1. The van der Waals surface area contributed by atoms with E-state index < -0.39 is 12.4 Å². The van der Waals surface area contributed by atoms with Gasteiger partial charge < -0.3 is 23.4 Å². The van der Waals surface area contributed by atoms with Gasteiger partial charge in [0.1, 0.15) is 23.7 Å². The average Bonchev–Trinajstić information content (AvgIpc) is 3.47. The fourth-order valence-electron chi connectivity index (χ4n) is 5.18. The SMILES string of the molecule is CCCCCCCCO[C@H]1O[C@H](COCc2ccccc2)[C@H](OCc2ccccc2)c2oc(-c3ccccc3)cc21. The van der Waals surface area contributed by atoms with Crippen LogP contribution in [0.1, 0.15) is 80.3 Å². The summed E-state index contributed by atoms with van der Waals surface area (Å²) in [5.41, 5.74) is 4.11. The molecule has 2 heterocycles. The first kappa shape index (κ1) is 29.3. The van der Waals surface area contributed by atoms with Crippen LogP contribution in [0.4, 0.5) is 0 Å². The van der Waals surface area contributed by atoms with E-state index in [1.54, 1.807) is 0 Å². The zero-order chi connectivity index (χ0) is 28.1. The van der Waals surface area contributed by atoms with E-state index in [-0.39, 0.29) is 6.10 Å². The Hall–Kier alpha value is -3.22. The molecule has 1 aliphatic rings. The summed E-state index contributed by atoms with van der Waals surface area (Å²) in [5, 5.41) is 0. The molecule has 3 atom stereocenters. The maximum atomic E-state index is 6.61. The fraction of sp³-hybridized carbons (Fsp3) is 0.389. The first-order valence-corrected chi connectivity index (χ1v) is 15.0. The second-order valence-corrected chi connectivity index (χ2v) is 10.7. The van der Waals surface area contributed by atoms with Crippen molar-refractivity contribution in [1.29, 1.82) is 0 Å². The lowest BCUT2D eigenvalue weighted by atomic mass is 10.0. The summed E-state index contributed by atoms with van der Waals surface area (Å²) in [6.07, 6.45) is 5.86. The van der Waals surface area contributed by atoms with Crippen LogP contribution in [0.5, 0.6) is 0 Å². The van der Waals surface area contributed by atoms with Crippen LogP contribution < -0.4 is 0 Å². The van der Waals surface area contributed by atoms with Gasteiger partial charge in [-0.25, -0.2) is 0 Å². The summed E-state index contributed by atoms with van der Waals surface area (Å²) in [6, 6.07) is 32.6. The van der Waals surface area contributed by atoms with Crippen LogP contribution >= 0.6 is 0 Å². The minimum Gasteiger partial charge on any atom is -0.458 e. The maximum Gasteiger partial charge on any atom is 0.187 e. The van der Waals surface area contributed by atoms with Gasteiger partial charge in [0.25, 0.3) is 0 Å². The monoisotopic (exact) mass is 554 g/mol. The van der Waals surface area contributed by atoms with Crippen LogP contribution in [0, 0.1) is 0 Å². The van der Waals surface area contributed by atoms with E-state index in [4.69, 9.17) is 23.4 Å². The minimum atomic E-state index is -0.538. The molecule has 5 nitrogen and oxygen atoms in total. The highest BCUT2D eigenvalue weighted by molar-refractivity contribution is 5.59. The largest absolute Gasteiger partial charge is 0.458 e. The van der Waals surface area contributed by atoms with Gasteiger partial charge in [0.05, 0.1) is 32.0 Å². The van der Waals surface area contributed by atoms with Crippen molar-refractivity contribution in [2.45, 2.75) is 77.2 Å². The molecule has 3 aromatic carbocycles. The number of benzene rings is 3. The predicted octanol–water partition coefficient (Wildman–Crippen LogP) is 9.20. The number of unbranched alkanes of at least 4 members (excludes halogenated alkanes) is 5. The van der Waals surface area contributed by atoms with E-state index >= 15 is 0 Å². The molecule has 1 aliphatic heterocycles. The third-order valence-electron chi connectivity index (χ3n) is 7.43. The van der Waals surface area contributed by atoms with Gasteiger partial charge in [-0.15, -0.1) is 0 Å². The number of hydrogen-bond acceptors (Lipinski definition) is 5. The molecule has 0 radical (unpaired) electrons. The zero-order valence-corrected chi connectivity index (χ0v) is 24.1. The van der Waals surface area contributed by atoms with Crippen molar-refractivity contribution in [3.8, 4) is 11.3 Å². The molecule has 5 heteroatoms. The Balaban J connectivity index is 1.35. The molecule has 0 saturated carbocycles. The topological polar surface area (TPSA) is 50.1 Å². The number of fused-ring (bicyclic) bond motifs is 1. The van der Waals surface area contributed by atoms with E-state index in [2.05, 4.69) is 49.4 Å². The van der Waals surface area contributed by atoms with Gasteiger partial charge in [-0.1, -0.05) is 130 Å². The predicted molar refractivity (Wildman–Crippen MR) is 161 cm³/mol. The second kappa shape index (κ2) is 15.7. The van der Waals surface area contributed by atoms with E-state index in [0.29, 0.717) is 26.4 Å². The highest BCUT2D eigenvalue weighted by Crippen LogP contribution is 2.44. The van der Waals surface area contributed by atoms with Crippen LogP contribution in [0.2, 0.25) is 0 Å². The van der Waals surface area contributed by atoms with Gasteiger partial charge in [-0.3, -0.25) is 0 Å². The van der Waals surface area contributed by atoms with E-state index in [0.717, 1.165) is 46.6 Å². The van der Waals surface area contributed by atoms with Crippen LogP contribution in [0.15, 0.2) is 101 Å². The van der Waals surface area contributed by atoms with Crippen LogP contribution in [0.3, 0.4) is 0 Å². The van der Waals surface area contributed by atoms with Crippen molar-refractivity contribution in [2.75, 3.05) is 13.2 Å². The molecule has 0 aliphatic carbocycles. The van der Waals surface area contributed by atoms with Gasteiger partial charge in [0.2, 0.25) is 0 Å². The first-order chi connectivity index (χ1) is 20.3. The Morgan fingerprint density at radius 2 is 1.32 bits per heavy atom. The van der Waals surface area contributed by atoms with Gasteiger partial charge in [0.15, 0.2) is 6.29 Å². The molecule has 41 heavy (non-hydrogen) atoms. The molecule has 0 bridgehead atoms. The summed E-state index contributed by atoms with van der Waals surface area (Å²) in [6.45, 7) is 4.16. The summed E-state index contributed by atoms with van der Waals surface area (Å²) in [4.78, 5) is 0. The van der Waals surface area contributed by atoms with Gasteiger partial charge >= 0.3 is 0 Å². The quantitative estimate of drug-likeness (QED) is 0.129. The molecule has 216 valence electrons. The van der Waals surface area contributed by atoms with Gasteiger partial charge in [0, 0.05) is 5.56 Å². The molecule has 5 rings (SSSR count). The lowest BCUT2D eigenvalue weighted by Crippen LogP contribution is -2.36.